The number of aliphatic hydroxyl groups excluding tert-OH is 1. The van der Waals surface area contributed by atoms with Gasteiger partial charge in [0.2, 0.25) is 35.4 Å². The van der Waals surface area contributed by atoms with Gasteiger partial charge in [0.15, 0.2) is 0 Å². The van der Waals surface area contributed by atoms with Gasteiger partial charge < -0.3 is 40.9 Å². The second-order valence-corrected chi connectivity index (χ2v) is 18.1. The quantitative estimate of drug-likeness (QED) is 0.107. The van der Waals surface area contributed by atoms with Crippen molar-refractivity contribution in [2.45, 2.75) is 124 Å². The summed E-state index contributed by atoms with van der Waals surface area (Å²) in [6, 6.07) is 12.9. The molecule has 3 rings (SSSR count). The normalized spacial score (nSPS) is 17.8. The van der Waals surface area contributed by atoms with Crippen LogP contribution in [0.1, 0.15) is 86.6 Å². The molecule has 63 heavy (non-hydrogen) atoms. The maximum atomic E-state index is 14.4. The van der Waals surface area contributed by atoms with E-state index in [1.54, 1.807) is 48.0 Å². The fraction of sp³-hybridized carbons (Fsp3) is 0.625. The molecule has 0 aliphatic carbocycles. The Balaban J connectivity index is 1.81. The number of amides is 6. The zero-order valence-corrected chi connectivity index (χ0v) is 39.6. The first kappa shape index (κ1) is 52.5. The Morgan fingerprint density at radius 2 is 1.43 bits per heavy atom. The van der Waals surface area contributed by atoms with Crippen LogP contribution in [0, 0.1) is 29.6 Å². The number of benzene rings is 2. The van der Waals surface area contributed by atoms with Crippen LogP contribution in [0.15, 0.2) is 54.6 Å². The molecule has 0 saturated carbocycles. The Kier molecular flexibility index (Phi) is 20.7. The highest BCUT2D eigenvalue weighted by Gasteiger charge is 2.43. The first-order chi connectivity index (χ1) is 29.7. The van der Waals surface area contributed by atoms with Crippen molar-refractivity contribution in [1.29, 1.82) is 0 Å². The third-order valence-electron chi connectivity index (χ3n) is 12.4. The van der Waals surface area contributed by atoms with E-state index in [2.05, 4.69) is 21.3 Å². The van der Waals surface area contributed by atoms with Gasteiger partial charge >= 0.3 is 0 Å². The summed E-state index contributed by atoms with van der Waals surface area (Å²) in [5.41, 5.74) is 1.91. The number of carbonyl (C=O) groups is 6. The zero-order chi connectivity index (χ0) is 47.1. The summed E-state index contributed by atoms with van der Waals surface area (Å²) in [6.07, 6.45) is 1.41. The van der Waals surface area contributed by atoms with Gasteiger partial charge in [0.05, 0.1) is 24.1 Å². The number of rotatable bonds is 23. The molecule has 6 amide bonds. The van der Waals surface area contributed by atoms with Crippen LogP contribution < -0.4 is 21.3 Å². The van der Waals surface area contributed by atoms with Gasteiger partial charge in [-0.05, 0) is 74.5 Å². The molecule has 1 heterocycles. The van der Waals surface area contributed by atoms with Gasteiger partial charge in [-0.3, -0.25) is 33.7 Å². The highest BCUT2D eigenvalue weighted by Crippen LogP contribution is 2.31. The monoisotopic (exact) mass is 878 g/mol. The van der Waals surface area contributed by atoms with Crippen molar-refractivity contribution in [2.75, 3.05) is 52.0 Å². The molecule has 2 aromatic rings. The number of hydrogen-bond donors (Lipinski definition) is 5. The molecule has 350 valence electrons. The van der Waals surface area contributed by atoms with Crippen LogP contribution in [0.4, 0.5) is 11.4 Å². The molecule has 9 atom stereocenters. The van der Waals surface area contributed by atoms with E-state index >= 15 is 0 Å². The van der Waals surface area contributed by atoms with Crippen LogP contribution in [-0.4, -0.2) is 133 Å². The lowest BCUT2D eigenvalue weighted by Gasteiger charge is -2.41. The van der Waals surface area contributed by atoms with Crippen molar-refractivity contribution in [1.82, 2.24) is 25.3 Å². The number of nitrogens with zero attached hydrogens (tertiary/aromatic N) is 3. The number of methoxy groups -OCH3 is 1. The lowest BCUT2D eigenvalue weighted by Crippen LogP contribution is -2.59. The van der Waals surface area contributed by atoms with Crippen LogP contribution in [0.3, 0.4) is 0 Å². The topological polar surface area (TPSA) is 190 Å². The SMILES string of the molecule is CC[C@H](C)[C@@H]([C@H](CO)CC(=O)N1CCC[C@H]1[C@H](OC)[C@@H](C)C(=O)N[C@@H](Cc1ccccc1)C(=O)Nc1ccc(NC(C)=O)cc1)N(C)C(=O)[C@@H](NC(=O)[C@H](C(C)C)N(C)C)C(C)C. The van der Waals surface area contributed by atoms with E-state index in [1.165, 1.54) is 14.0 Å². The molecular weight excluding hydrogens is 803 g/mol. The van der Waals surface area contributed by atoms with E-state index in [1.807, 2.05) is 90.9 Å². The van der Waals surface area contributed by atoms with E-state index in [0.29, 0.717) is 37.2 Å². The molecule has 0 bridgehead atoms. The van der Waals surface area contributed by atoms with Crippen LogP contribution >= 0.6 is 0 Å². The number of likely N-dealkylation sites (N-methyl/N-ethyl adjacent to an activating group) is 2. The summed E-state index contributed by atoms with van der Waals surface area (Å²) in [7, 11) is 6.87. The zero-order valence-electron chi connectivity index (χ0n) is 39.6. The van der Waals surface area contributed by atoms with E-state index in [9.17, 15) is 33.9 Å². The van der Waals surface area contributed by atoms with Crippen LogP contribution in [-0.2, 0) is 39.9 Å². The van der Waals surface area contributed by atoms with Crippen molar-refractivity contribution < 1.29 is 38.6 Å². The average Bonchev–Trinajstić information content (AvgIpc) is 3.72. The standard InChI is InChI=1S/C48H75N7O8/c1-13-31(6)43(54(11)48(62)41(29(2)3)52-47(61)42(30(4)5)53(9)10)35(28-56)27-40(58)55-25-17-20-39(55)44(63-12)32(7)45(59)51-38(26-34-18-15-14-16-19-34)46(60)50-37-23-21-36(22-24-37)49-33(8)57/h14-16,18-19,21-24,29-32,35,38-39,41-44,56H,13,17,20,25-28H2,1-12H3,(H,49,57)(H,50,60)(H,51,59)(H,52,61)/t31-,32+,35-,38-,39-,41-,42-,43-,44+/m0/s1. The van der Waals surface area contributed by atoms with Crippen molar-refractivity contribution in [3.05, 3.63) is 60.2 Å². The van der Waals surface area contributed by atoms with Gasteiger partial charge in [-0.2, -0.15) is 0 Å². The van der Waals surface area contributed by atoms with E-state index in [-0.39, 0.29) is 60.8 Å². The molecule has 0 aromatic heterocycles. The van der Waals surface area contributed by atoms with Gasteiger partial charge in [0, 0.05) is 70.4 Å². The average molecular weight is 878 g/mol. The molecule has 5 N–H and O–H groups in total. The second-order valence-electron chi connectivity index (χ2n) is 18.1. The van der Waals surface area contributed by atoms with Crippen LogP contribution in [0.25, 0.3) is 0 Å². The second kappa shape index (κ2) is 24.8. The molecule has 0 spiro atoms. The number of likely N-dealkylation sites (tertiary alicyclic amines) is 1. The summed E-state index contributed by atoms with van der Waals surface area (Å²) in [4.78, 5) is 86.7. The molecule has 0 radical (unpaired) electrons. The largest absolute Gasteiger partial charge is 0.396 e. The van der Waals surface area contributed by atoms with E-state index in [4.69, 9.17) is 4.74 Å². The van der Waals surface area contributed by atoms with Gasteiger partial charge in [0.25, 0.3) is 0 Å². The Hall–Kier alpha value is -4.86. The predicted molar refractivity (Wildman–Crippen MR) is 246 cm³/mol. The van der Waals surface area contributed by atoms with E-state index < -0.39 is 60.0 Å². The van der Waals surface area contributed by atoms with Crippen molar-refractivity contribution in [3.63, 3.8) is 0 Å². The lowest BCUT2D eigenvalue weighted by atomic mass is 9.83. The first-order valence-electron chi connectivity index (χ1n) is 22.4. The summed E-state index contributed by atoms with van der Waals surface area (Å²) in [5.74, 6) is -3.48. The minimum Gasteiger partial charge on any atom is -0.396 e. The van der Waals surface area contributed by atoms with Crippen molar-refractivity contribution >= 4 is 46.8 Å². The minimum atomic E-state index is -0.952. The Bertz CT molecular complexity index is 1800. The Morgan fingerprint density at radius 3 is 1.94 bits per heavy atom. The molecule has 1 aliphatic heterocycles. The van der Waals surface area contributed by atoms with Gasteiger partial charge in [-0.15, -0.1) is 0 Å². The summed E-state index contributed by atoms with van der Waals surface area (Å²) >= 11 is 0. The highest BCUT2D eigenvalue weighted by atomic mass is 16.5. The maximum absolute atomic E-state index is 14.4. The van der Waals surface area contributed by atoms with Crippen LogP contribution in [0.2, 0.25) is 0 Å². The van der Waals surface area contributed by atoms with Gasteiger partial charge in [-0.1, -0.05) is 85.2 Å². The third-order valence-corrected chi connectivity index (χ3v) is 12.4. The number of aliphatic hydroxyl groups is 1. The van der Waals surface area contributed by atoms with Gasteiger partial charge in [0.1, 0.15) is 12.1 Å². The fourth-order valence-corrected chi connectivity index (χ4v) is 9.01. The molecule has 0 unspecified atom stereocenters. The number of ether oxygens (including phenoxy) is 1. The first-order valence-corrected chi connectivity index (χ1v) is 22.4. The van der Waals surface area contributed by atoms with Crippen molar-refractivity contribution in [2.24, 2.45) is 29.6 Å². The lowest BCUT2D eigenvalue weighted by molar-refractivity contribution is -0.145. The predicted octanol–water partition coefficient (Wildman–Crippen LogP) is 4.55. The number of nitrogens with one attached hydrogen (secondary N) is 4. The highest BCUT2D eigenvalue weighted by molar-refractivity contribution is 5.98. The third kappa shape index (κ3) is 14.6. The Morgan fingerprint density at radius 1 is 0.825 bits per heavy atom. The summed E-state index contributed by atoms with van der Waals surface area (Å²) in [5, 5.41) is 22.5. The summed E-state index contributed by atoms with van der Waals surface area (Å²) in [6.45, 7) is 14.9. The maximum Gasteiger partial charge on any atom is 0.247 e. The van der Waals surface area contributed by atoms with Crippen LogP contribution in [0.5, 0.6) is 0 Å². The fourth-order valence-electron chi connectivity index (χ4n) is 9.01. The number of hydrogen-bond acceptors (Lipinski definition) is 9. The minimum absolute atomic E-state index is 0.0134. The number of carbonyl (C=O) groups excluding carboxylic acids is 6. The van der Waals surface area contributed by atoms with Gasteiger partial charge in [-0.25, -0.2) is 0 Å². The molecule has 1 aliphatic rings. The molecule has 1 fully saturated rings. The van der Waals surface area contributed by atoms with Crippen molar-refractivity contribution in [3.8, 4) is 0 Å². The smallest absolute Gasteiger partial charge is 0.247 e. The molecule has 15 heteroatoms. The molecular formula is C48H75N7O8. The number of anilines is 2. The van der Waals surface area contributed by atoms with E-state index in [0.717, 1.165) is 5.56 Å². The molecule has 2 aromatic carbocycles. The molecule has 15 nitrogen and oxygen atoms in total. The molecule has 1 saturated heterocycles. The summed E-state index contributed by atoms with van der Waals surface area (Å²) < 4.78 is 6.00. The Labute approximate surface area is 375 Å².